The van der Waals surface area contributed by atoms with Gasteiger partial charge >= 0.3 is 0 Å². The molecular weight excluding hydrogens is 350 g/mol. The van der Waals surface area contributed by atoms with E-state index in [-0.39, 0.29) is 22.8 Å². The second-order valence-electron chi connectivity index (χ2n) is 7.12. The molecule has 5 N–H and O–H groups in total. The van der Waals surface area contributed by atoms with E-state index in [1.165, 1.54) is 0 Å². The van der Waals surface area contributed by atoms with Gasteiger partial charge < -0.3 is 16.4 Å². The number of anilines is 1. The minimum Gasteiger partial charge on any atom is -0.368 e. The summed E-state index contributed by atoms with van der Waals surface area (Å²) in [6.07, 6.45) is 3.37. The fourth-order valence-electron chi connectivity index (χ4n) is 3.49. The van der Waals surface area contributed by atoms with Crippen molar-refractivity contribution in [3.63, 3.8) is 0 Å². The van der Waals surface area contributed by atoms with E-state index in [1.807, 2.05) is 5.41 Å². The lowest BCUT2D eigenvalue weighted by Crippen LogP contribution is -2.41. The number of hydrogen-bond acceptors (Lipinski definition) is 7. The molecule has 1 aliphatic carbocycles. The van der Waals surface area contributed by atoms with Crippen LogP contribution in [0.1, 0.15) is 48.8 Å². The van der Waals surface area contributed by atoms with Gasteiger partial charge in [0, 0.05) is 17.5 Å². The maximum atomic E-state index is 12.9. The second-order valence-corrected chi connectivity index (χ2v) is 8.09. The molecule has 1 unspecified atom stereocenters. The highest BCUT2D eigenvalue weighted by atomic mass is 32.2. The number of carbonyl (C=O) groups is 1. The lowest BCUT2D eigenvalue weighted by molar-refractivity contribution is 0.0940. The summed E-state index contributed by atoms with van der Waals surface area (Å²) in [4.78, 5) is 21.3. The highest BCUT2D eigenvalue weighted by Gasteiger charge is 2.39. The first kappa shape index (κ1) is 16.9. The summed E-state index contributed by atoms with van der Waals surface area (Å²) in [5, 5.41) is 15.6. The molecule has 1 amide bonds. The van der Waals surface area contributed by atoms with Gasteiger partial charge in [0.15, 0.2) is 5.50 Å². The van der Waals surface area contributed by atoms with E-state index < -0.39 is 0 Å². The Kier molecular flexibility index (Phi) is 3.91. The number of nitrogens with one attached hydrogen (secondary N) is 3. The van der Waals surface area contributed by atoms with Crippen LogP contribution in [-0.4, -0.2) is 31.6 Å². The molecule has 2 aromatic heterocycles. The van der Waals surface area contributed by atoms with Crippen LogP contribution in [0.4, 0.5) is 5.95 Å². The summed E-state index contributed by atoms with van der Waals surface area (Å²) in [6, 6.07) is 0. The van der Waals surface area contributed by atoms with Gasteiger partial charge in [0.2, 0.25) is 5.95 Å². The van der Waals surface area contributed by atoms with Crippen LogP contribution in [-0.2, 0) is 11.8 Å². The second kappa shape index (κ2) is 6.01. The molecular formula is C17H21N7OS. The highest BCUT2D eigenvalue weighted by molar-refractivity contribution is 8.02. The maximum absolute atomic E-state index is 12.9. The van der Waals surface area contributed by atoms with E-state index >= 15 is 0 Å². The summed E-state index contributed by atoms with van der Waals surface area (Å²) in [6.45, 7) is 6.26. The Hall–Kier alpha value is -2.55. The zero-order valence-corrected chi connectivity index (χ0v) is 15.7. The van der Waals surface area contributed by atoms with Crippen molar-refractivity contribution in [3.05, 3.63) is 34.1 Å². The van der Waals surface area contributed by atoms with Gasteiger partial charge in [-0.3, -0.25) is 9.89 Å². The molecule has 2 aromatic rings. The molecule has 2 aliphatic rings. The lowest BCUT2D eigenvalue weighted by Gasteiger charge is -2.31. The Labute approximate surface area is 155 Å². The molecule has 0 spiro atoms. The van der Waals surface area contributed by atoms with Crippen LogP contribution in [0.3, 0.4) is 0 Å². The first-order valence-corrected chi connectivity index (χ1v) is 9.46. The third-order valence-electron chi connectivity index (χ3n) is 4.72. The Morgan fingerprint density at radius 2 is 2.27 bits per heavy atom. The Bertz CT molecular complexity index is 918. The van der Waals surface area contributed by atoms with E-state index in [0.29, 0.717) is 23.5 Å². The number of H-pyrrole nitrogens is 1. The lowest BCUT2D eigenvalue weighted by atomic mass is 9.73. The van der Waals surface area contributed by atoms with Crippen molar-refractivity contribution in [1.29, 1.82) is 0 Å². The molecule has 26 heavy (non-hydrogen) atoms. The van der Waals surface area contributed by atoms with Crippen LogP contribution >= 0.6 is 11.8 Å². The summed E-state index contributed by atoms with van der Waals surface area (Å²) in [7, 11) is 0. The van der Waals surface area contributed by atoms with Crippen molar-refractivity contribution >= 4 is 23.6 Å². The predicted octanol–water partition coefficient (Wildman–Crippen LogP) is 1.88. The first-order chi connectivity index (χ1) is 12.4. The molecule has 3 heterocycles. The number of aromatic amines is 1. The van der Waals surface area contributed by atoms with Gasteiger partial charge in [-0.15, -0.1) is 0 Å². The number of nitrogen functional groups attached to an aromatic ring is 1. The van der Waals surface area contributed by atoms with Crippen LogP contribution in [0.15, 0.2) is 17.3 Å². The molecule has 1 aliphatic heterocycles. The van der Waals surface area contributed by atoms with Crippen molar-refractivity contribution in [2.45, 2.75) is 44.5 Å². The van der Waals surface area contributed by atoms with E-state index in [0.717, 1.165) is 23.2 Å². The van der Waals surface area contributed by atoms with E-state index in [4.69, 9.17) is 5.73 Å². The fourth-order valence-corrected chi connectivity index (χ4v) is 4.42. The fraction of sp³-hybridized carbons (Fsp3) is 0.412. The van der Waals surface area contributed by atoms with Crippen molar-refractivity contribution in [2.24, 2.45) is 0 Å². The summed E-state index contributed by atoms with van der Waals surface area (Å²) < 4.78 is 0. The van der Waals surface area contributed by atoms with Gasteiger partial charge in [-0.05, 0) is 29.2 Å². The van der Waals surface area contributed by atoms with Crippen LogP contribution in [0.25, 0.3) is 11.4 Å². The normalized spacial score (nSPS) is 20.0. The zero-order valence-electron chi connectivity index (χ0n) is 14.9. The standard InChI is InChI=1S/C17H21N7OS/c1-4-9-7-26-16(20-9)22-14(25)13-10-12(23-24-13)11-8(5-17(10,2)3)6-19-15(18)21-11/h6-7,16,20H,4-5H2,1-3H3,(H,22,25)(H,23,24)(H2,18,19,21). The monoisotopic (exact) mass is 371 g/mol. The maximum Gasteiger partial charge on any atom is 0.271 e. The van der Waals surface area contributed by atoms with Crippen molar-refractivity contribution in [1.82, 2.24) is 30.8 Å². The van der Waals surface area contributed by atoms with Crippen LogP contribution in [0.5, 0.6) is 0 Å². The van der Waals surface area contributed by atoms with E-state index in [9.17, 15) is 4.79 Å². The molecule has 8 nitrogen and oxygen atoms in total. The Balaban J connectivity index is 1.67. The van der Waals surface area contributed by atoms with Gasteiger partial charge in [0.05, 0.1) is 5.69 Å². The number of amides is 1. The van der Waals surface area contributed by atoms with E-state index in [1.54, 1.807) is 18.0 Å². The molecule has 4 rings (SSSR count). The average Bonchev–Trinajstić information content (AvgIpc) is 3.22. The molecule has 136 valence electrons. The average molecular weight is 371 g/mol. The molecule has 0 aromatic carbocycles. The summed E-state index contributed by atoms with van der Waals surface area (Å²) in [5.41, 5.74) is 10.1. The first-order valence-electron chi connectivity index (χ1n) is 8.51. The number of nitrogens with two attached hydrogens (primary N) is 1. The van der Waals surface area contributed by atoms with Crippen molar-refractivity contribution in [3.8, 4) is 11.4 Å². The Morgan fingerprint density at radius 3 is 3.00 bits per heavy atom. The number of thioether (sulfide) groups is 1. The zero-order chi connectivity index (χ0) is 18.5. The van der Waals surface area contributed by atoms with Crippen molar-refractivity contribution < 1.29 is 4.79 Å². The summed E-state index contributed by atoms with van der Waals surface area (Å²) >= 11 is 1.55. The third-order valence-corrected chi connectivity index (χ3v) is 5.64. The van der Waals surface area contributed by atoms with Crippen molar-refractivity contribution in [2.75, 3.05) is 5.73 Å². The van der Waals surface area contributed by atoms with Gasteiger partial charge in [-0.2, -0.15) is 5.10 Å². The van der Waals surface area contributed by atoms with Gasteiger partial charge in [0.25, 0.3) is 5.91 Å². The molecule has 1 atom stereocenters. The molecule has 0 saturated heterocycles. The van der Waals surface area contributed by atoms with Crippen LogP contribution in [0.2, 0.25) is 0 Å². The largest absolute Gasteiger partial charge is 0.368 e. The SMILES string of the molecule is CCC1=CSC(NC(=O)c2[nH]nc3c2C(C)(C)Cc2cnc(N)nc2-3)N1. The number of allylic oxidation sites excluding steroid dienone is 1. The molecule has 0 radical (unpaired) electrons. The molecule has 9 heteroatoms. The third kappa shape index (κ3) is 2.72. The molecule has 0 bridgehead atoms. The molecule has 0 fully saturated rings. The Morgan fingerprint density at radius 1 is 1.46 bits per heavy atom. The highest BCUT2D eigenvalue weighted by Crippen LogP contribution is 2.42. The van der Waals surface area contributed by atoms with Gasteiger partial charge in [0.1, 0.15) is 11.4 Å². The minimum atomic E-state index is -0.273. The minimum absolute atomic E-state index is 0.173. The number of rotatable bonds is 3. The number of hydrogen-bond donors (Lipinski definition) is 4. The van der Waals surface area contributed by atoms with Crippen LogP contribution < -0.4 is 16.4 Å². The van der Waals surface area contributed by atoms with Gasteiger partial charge in [-0.25, -0.2) is 9.97 Å². The number of carbonyl (C=O) groups excluding carboxylic acids is 1. The van der Waals surface area contributed by atoms with E-state index in [2.05, 4.69) is 51.6 Å². The smallest absolute Gasteiger partial charge is 0.271 e. The summed E-state index contributed by atoms with van der Waals surface area (Å²) in [5.74, 6) is 0.0150. The number of nitrogens with zero attached hydrogens (tertiary/aromatic N) is 3. The topological polar surface area (TPSA) is 122 Å². The van der Waals surface area contributed by atoms with Crippen LogP contribution in [0, 0.1) is 0 Å². The number of fused-ring (bicyclic) bond motifs is 3. The predicted molar refractivity (Wildman–Crippen MR) is 101 cm³/mol. The molecule has 0 saturated carbocycles. The quantitative estimate of drug-likeness (QED) is 0.650. The number of aromatic nitrogens is 4. The van der Waals surface area contributed by atoms with Gasteiger partial charge in [-0.1, -0.05) is 32.5 Å².